The molecule has 1 unspecified atom stereocenters. The van der Waals surface area contributed by atoms with Crippen LogP contribution in [-0.4, -0.2) is 10.9 Å². The molecule has 1 aliphatic rings. The average molecular weight is 277 g/mol. The number of aromatic nitrogens is 1. The minimum Gasteiger partial charge on any atom is -0.375 e. The Kier molecular flexibility index (Phi) is 2.56. The molecule has 0 saturated carbocycles. The number of hydrogen-bond donors (Lipinski definition) is 2. The van der Waals surface area contributed by atoms with Crippen molar-refractivity contribution in [2.24, 2.45) is 0 Å². The normalized spacial score (nSPS) is 17.4. The van der Waals surface area contributed by atoms with Crippen molar-refractivity contribution in [2.75, 3.05) is 11.1 Å². The number of thiazole rings is 1. The van der Waals surface area contributed by atoms with Gasteiger partial charge in [-0.15, -0.1) is 11.3 Å². The summed E-state index contributed by atoms with van der Waals surface area (Å²) in [6, 6.07) is 3.20. The van der Waals surface area contributed by atoms with Crippen LogP contribution in [0.2, 0.25) is 0 Å². The van der Waals surface area contributed by atoms with Crippen LogP contribution in [0.4, 0.5) is 15.2 Å². The summed E-state index contributed by atoms with van der Waals surface area (Å²) in [5.41, 5.74) is 7.95. The lowest BCUT2D eigenvalue weighted by molar-refractivity contribution is -0.116. The summed E-state index contributed by atoms with van der Waals surface area (Å²) in [7, 11) is 0. The predicted octanol–water partition coefficient (Wildman–Crippen LogP) is 2.90. The number of amides is 1. The van der Waals surface area contributed by atoms with Gasteiger partial charge in [0.1, 0.15) is 5.82 Å². The van der Waals surface area contributed by atoms with E-state index < -0.39 is 5.82 Å². The molecule has 4 nitrogen and oxygen atoms in total. The second-order valence-electron chi connectivity index (χ2n) is 4.59. The quantitative estimate of drug-likeness (QED) is 0.842. The van der Waals surface area contributed by atoms with Crippen LogP contribution < -0.4 is 11.1 Å². The molecular formula is C13H12FN3OS. The second-order valence-corrected chi connectivity index (χ2v) is 5.82. The van der Waals surface area contributed by atoms with Gasteiger partial charge in [-0.25, -0.2) is 9.37 Å². The van der Waals surface area contributed by atoms with Gasteiger partial charge in [0.15, 0.2) is 5.13 Å². The fraction of sp³-hybridized carbons (Fsp3) is 0.231. The maximum atomic E-state index is 14.1. The summed E-state index contributed by atoms with van der Waals surface area (Å²) in [5, 5.41) is 3.01. The van der Waals surface area contributed by atoms with Crippen LogP contribution in [0.25, 0.3) is 11.3 Å². The Labute approximate surface area is 113 Å². The Morgan fingerprint density at radius 1 is 1.47 bits per heavy atom. The monoisotopic (exact) mass is 277 g/mol. The summed E-state index contributed by atoms with van der Waals surface area (Å²) in [6.07, 6.45) is 0. The molecule has 0 aliphatic carbocycles. The number of hydrogen-bond acceptors (Lipinski definition) is 4. The number of nitrogens with two attached hydrogens (primary N) is 1. The molecule has 2 aromatic rings. The lowest BCUT2D eigenvalue weighted by Crippen LogP contribution is -2.08. The molecule has 1 aromatic carbocycles. The minimum atomic E-state index is -0.434. The Morgan fingerprint density at radius 3 is 2.84 bits per heavy atom. The van der Waals surface area contributed by atoms with E-state index in [1.54, 1.807) is 6.92 Å². The van der Waals surface area contributed by atoms with Crippen LogP contribution in [-0.2, 0) is 4.79 Å². The van der Waals surface area contributed by atoms with Crippen molar-refractivity contribution in [3.63, 3.8) is 0 Å². The first kappa shape index (κ1) is 12.1. The Hall–Kier alpha value is -1.95. The van der Waals surface area contributed by atoms with Gasteiger partial charge in [-0.2, -0.15) is 0 Å². The van der Waals surface area contributed by atoms with Gasteiger partial charge >= 0.3 is 0 Å². The van der Waals surface area contributed by atoms with Gasteiger partial charge in [0, 0.05) is 10.4 Å². The molecule has 0 bridgehead atoms. The highest BCUT2D eigenvalue weighted by Crippen LogP contribution is 2.39. The third kappa shape index (κ3) is 1.79. The van der Waals surface area contributed by atoms with E-state index in [1.165, 1.54) is 17.4 Å². The van der Waals surface area contributed by atoms with E-state index in [-0.39, 0.29) is 17.5 Å². The van der Waals surface area contributed by atoms with E-state index >= 15 is 0 Å². The van der Waals surface area contributed by atoms with E-state index in [4.69, 9.17) is 5.73 Å². The van der Waals surface area contributed by atoms with E-state index in [0.29, 0.717) is 22.0 Å². The zero-order chi connectivity index (χ0) is 13.7. The lowest BCUT2D eigenvalue weighted by atomic mass is 9.98. The molecule has 0 radical (unpaired) electrons. The second kappa shape index (κ2) is 4.03. The number of benzene rings is 1. The zero-order valence-electron chi connectivity index (χ0n) is 10.5. The molecule has 1 atom stereocenters. The maximum absolute atomic E-state index is 14.1. The molecule has 2 heterocycles. The summed E-state index contributed by atoms with van der Waals surface area (Å²) in [6.45, 7) is 3.65. The van der Waals surface area contributed by atoms with Gasteiger partial charge in [-0.05, 0) is 31.5 Å². The summed E-state index contributed by atoms with van der Waals surface area (Å²) >= 11 is 1.37. The molecule has 3 N–H and O–H groups in total. The molecule has 3 rings (SSSR count). The van der Waals surface area contributed by atoms with Gasteiger partial charge in [-0.3, -0.25) is 4.79 Å². The van der Waals surface area contributed by atoms with Crippen molar-refractivity contribution < 1.29 is 9.18 Å². The van der Waals surface area contributed by atoms with Gasteiger partial charge in [-0.1, -0.05) is 0 Å². The van der Waals surface area contributed by atoms with Crippen molar-refractivity contribution in [3.8, 4) is 11.3 Å². The first-order chi connectivity index (χ1) is 8.97. The first-order valence-corrected chi connectivity index (χ1v) is 6.66. The molecular weight excluding hydrogens is 265 g/mol. The lowest BCUT2D eigenvalue weighted by Gasteiger charge is -2.06. The molecule has 1 amide bonds. The third-order valence-corrected chi connectivity index (χ3v) is 4.12. The predicted molar refractivity (Wildman–Crippen MR) is 73.7 cm³/mol. The molecule has 98 valence electrons. The third-order valence-electron chi connectivity index (χ3n) is 3.32. The highest BCUT2D eigenvalue weighted by molar-refractivity contribution is 7.15. The van der Waals surface area contributed by atoms with Crippen molar-refractivity contribution in [1.29, 1.82) is 0 Å². The summed E-state index contributed by atoms with van der Waals surface area (Å²) < 4.78 is 14.1. The first-order valence-electron chi connectivity index (χ1n) is 5.85. The van der Waals surface area contributed by atoms with Crippen LogP contribution in [0, 0.1) is 12.7 Å². The van der Waals surface area contributed by atoms with E-state index in [1.807, 2.05) is 13.0 Å². The number of carbonyl (C=O) groups is 1. The van der Waals surface area contributed by atoms with Crippen molar-refractivity contribution in [2.45, 2.75) is 19.8 Å². The Morgan fingerprint density at radius 2 is 2.21 bits per heavy atom. The summed E-state index contributed by atoms with van der Waals surface area (Å²) in [5.74, 6) is -0.961. The fourth-order valence-corrected chi connectivity index (χ4v) is 3.01. The number of nitrogens with one attached hydrogen (secondary N) is 1. The average Bonchev–Trinajstić information content (AvgIpc) is 2.82. The topological polar surface area (TPSA) is 68.0 Å². The van der Waals surface area contributed by atoms with Crippen molar-refractivity contribution in [1.82, 2.24) is 4.98 Å². The Balaban J connectivity index is 2.19. The van der Waals surface area contributed by atoms with Crippen molar-refractivity contribution >= 4 is 28.1 Å². The van der Waals surface area contributed by atoms with Crippen molar-refractivity contribution in [3.05, 3.63) is 28.4 Å². The number of fused-ring (bicyclic) bond motifs is 1. The number of carbonyl (C=O) groups excluding carboxylic acids is 1. The van der Waals surface area contributed by atoms with Crippen LogP contribution in [0.3, 0.4) is 0 Å². The molecule has 0 fully saturated rings. The van der Waals surface area contributed by atoms with Gasteiger partial charge < -0.3 is 11.1 Å². The zero-order valence-corrected chi connectivity index (χ0v) is 11.3. The van der Waals surface area contributed by atoms with Gasteiger partial charge in [0.25, 0.3) is 0 Å². The highest BCUT2D eigenvalue weighted by atomic mass is 32.1. The molecule has 0 spiro atoms. The smallest absolute Gasteiger partial charge is 0.231 e. The number of nitrogen functional groups attached to an aromatic ring is 1. The molecule has 6 heteroatoms. The number of aryl methyl sites for hydroxylation is 1. The molecule has 1 aromatic heterocycles. The Bertz CT molecular complexity index is 695. The largest absolute Gasteiger partial charge is 0.375 e. The molecule has 1 aliphatic heterocycles. The van der Waals surface area contributed by atoms with Crippen LogP contribution in [0.1, 0.15) is 23.3 Å². The SMILES string of the molecule is Cc1sc(N)nc1-c1cc(F)c2c(c1)C(C)C(=O)N2. The van der Waals surface area contributed by atoms with E-state index in [2.05, 4.69) is 10.3 Å². The fourth-order valence-electron chi connectivity index (χ4n) is 2.30. The van der Waals surface area contributed by atoms with E-state index in [9.17, 15) is 9.18 Å². The van der Waals surface area contributed by atoms with E-state index in [0.717, 1.165) is 4.88 Å². The molecule has 19 heavy (non-hydrogen) atoms. The van der Waals surface area contributed by atoms with Crippen LogP contribution in [0.5, 0.6) is 0 Å². The summed E-state index contributed by atoms with van der Waals surface area (Å²) in [4.78, 5) is 16.7. The number of halogens is 1. The highest BCUT2D eigenvalue weighted by Gasteiger charge is 2.30. The molecule has 0 saturated heterocycles. The van der Waals surface area contributed by atoms with Crippen LogP contribution in [0.15, 0.2) is 12.1 Å². The maximum Gasteiger partial charge on any atom is 0.231 e. The number of anilines is 2. The standard InChI is InChI=1S/C13H12FN3OS/c1-5-8-3-7(10-6(2)19-13(15)17-10)4-9(14)11(8)16-12(5)18/h3-5H,1-2H3,(H2,15,17)(H,16,18). The van der Waals surface area contributed by atoms with Gasteiger partial charge in [0.2, 0.25) is 5.91 Å². The van der Waals surface area contributed by atoms with Crippen LogP contribution >= 0.6 is 11.3 Å². The number of nitrogens with zero attached hydrogens (tertiary/aromatic N) is 1. The number of rotatable bonds is 1. The van der Waals surface area contributed by atoms with Gasteiger partial charge in [0.05, 0.1) is 17.3 Å². The minimum absolute atomic E-state index is 0.180.